The first-order chi connectivity index (χ1) is 17.0. The van der Waals surface area contributed by atoms with E-state index in [4.69, 9.17) is 19.5 Å². The molecule has 0 unspecified atom stereocenters. The average Bonchev–Trinajstić information content (AvgIpc) is 3.54. The van der Waals surface area contributed by atoms with Gasteiger partial charge < -0.3 is 9.88 Å². The molecule has 4 aromatic heterocycles. The highest BCUT2D eigenvalue weighted by Gasteiger charge is 2.29. The van der Waals surface area contributed by atoms with E-state index < -0.39 is 5.76 Å². The number of aromatic nitrogens is 7. The maximum absolute atomic E-state index is 11.6. The number of thiazole rings is 1. The van der Waals surface area contributed by atoms with E-state index in [-0.39, 0.29) is 17.7 Å². The molecule has 0 amide bonds. The van der Waals surface area contributed by atoms with Crippen molar-refractivity contribution in [3.8, 4) is 22.5 Å². The molecule has 2 N–H and O–H groups in total. The van der Waals surface area contributed by atoms with Crippen molar-refractivity contribution < 1.29 is 4.52 Å². The zero-order chi connectivity index (χ0) is 23.9. The molecule has 6 rings (SSSR count). The second kappa shape index (κ2) is 9.18. The molecule has 4 aromatic rings. The van der Waals surface area contributed by atoms with Gasteiger partial charge in [0.1, 0.15) is 5.52 Å². The first-order valence-electron chi connectivity index (χ1n) is 12.6. The van der Waals surface area contributed by atoms with Crippen LogP contribution < -0.4 is 11.1 Å². The van der Waals surface area contributed by atoms with Gasteiger partial charge in [0.2, 0.25) is 11.6 Å². The number of hydrogen-bond donors (Lipinski definition) is 2. The van der Waals surface area contributed by atoms with Gasteiger partial charge in [0, 0.05) is 24.2 Å². The Morgan fingerprint density at radius 2 is 2.03 bits per heavy atom. The number of rotatable bonds is 7. The molecular weight excluding hydrogens is 464 g/mol. The standard InChI is InChI=1S/C24H30N8O2S/c1-13-6-8-15(9-7-13)12-32-17-18(26-14(2)16-4-3-5-16)27-20(21-30-24(33)34-31-21)28-19(17)29-22(32)23-25-10-11-35-23/h10-11,13-16H,3-9,12H2,1-2H3,(H,26,27,28)(H,30,31,33)/t13?,14-,15?/m1/s1. The summed E-state index contributed by atoms with van der Waals surface area (Å²) in [6, 6.07) is 0.258. The SMILES string of the molecule is CC1CCC(Cn2c(-c3nccs3)nc3nc(-c4noc(=O)[nH]4)nc(N[C@H](C)C4CCC4)c32)CC1. The lowest BCUT2D eigenvalue weighted by molar-refractivity contribution is 0.267. The minimum atomic E-state index is -0.637. The van der Waals surface area contributed by atoms with Crippen LogP contribution in [0.3, 0.4) is 0 Å². The molecule has 1 atom stereocenters. The van der Waals surface area contributed by atoms with E-state index in [2.05, 4.69) is 38.9 Å². The molecular formula is C24H30N8O2S. The topological polar surface area (TPSA) is 127 Å². The second-order valence-electron chi connectivity index (χ2n) is 10.1. The summed E-state index contributed by atoms with van der Waals surface area (Å²) < 4.78 is 6.98. The molecule has 0 aromatic carbocycles. The number of H-pyrrole nitrogens is 1. The Morgan fingerprint density at radius 1 is 1.20 bits per heavy atom. The molecule has 2 saturated carbocycles. The van der Waals surface area contributed by atoms with Gasteiger partial charge >= 0.3 is 5.76 Å². The van der Waals surface area contributed by atoms with Crippen molar-refractivity contribution in [3.05, 3.63) is 22.1 Å². The normalized spacial score (nSPS) is 21.8. The fourth-order valence-electron chi connectivity index (χ4n) is 5.29. The summed E-state index contributed by atoms with van der Waals surface area (Å²) in [5, 5.41) is 10.3. The van der Waals surface area contributed by atoms with Crippen molar-refractivity contribution in [2.45, 2.75) is 71.4 Å². The van der Waals surface area contributed by atoms with Crippen molar-refractivity contribution in [1.29, 1.82) is 0 Å². The molecule has 11 heteroatoms. The van der Waals surface area contributed by atoms with Crippen LogP contribution >= 0.6 is 11.3 Å². The van der Waals surface area contributed by atoms with Gasteiger partial charge in [-0.05, 0) is 50.4 Å². The Hall–Kier alpha value is -3.08. The van der Waals surface area contributed by atoms with E-state index >= 15 is 0 Å². The highest BCUT2D eigenvalue weighted by Crippen LogP contribution is 2.36. The molecule has 35 heavy (non-hydrogen) atoms. The molecule has 10 nitrogen and oxygen atoms in total. The first kappa shape index (κ1) is 22.4. The van der Waals surface area contributed by atoms with Crippen LogP contribution in [0.15, 0.2) is 20.9 Å². The Morgan fingerprint density at radius 3 is 2.69 bits per heavy atom. The average molecular weight is 495 g/mol. The zero-order valence-electron chi connectivity index (χ0n) is 20.0. The molecule has 184 valence electrons. The van der Waals surface area contributed by atoms with Crippen LogP contribution in [0, 0.1) is 17.8 Å². The Bertz CT molecular complexity index is 1360. The number of fused-ring (bicyclic) bond motifs is 1. The molecule has 0 aliphatic heterocycles. The van der Waals surface area contributed by atoms with Crippen molar-refractivity contribution in [1.82, 2.24) is 34.6 Å². The van der Waals surface area contributed by atoms with Crippen LogP contribution in [-0.2, 0) is 6.54 Å². The summed E-state index contributed by atoms with van der Waals surface area (Å²) in [5.41, 5.74) is 1.45. The van der Waals surface area contributed by atoms with E-state index in [1.54, 1.807) is 17.5 Å². The predicted molar refractivity (Wildman–Crippen MR) is 134 cm³/mol. The van der Waals surface area contributed by atoms with Gasteiger partial charge in [0.15, 0.2) is 22.3 Å². The highest BCUT2D eigenvalue weighted by atomic mass is 32.1. The van der Waals surface area contributed by atoms with E-state index in [9.17, 15) is 4.79 Å². The number of aromatic amines is 1. The maximum atomic E-state index is 11.6. The number of nitrogens with zero attached hydrogens (tertiary/aromatic N) is 6. The lowest BCUT2D eigenvalue weighted by Crippen LogP contribution is -2.31. The maximum Gasteiger partial charge on any atom is 0.439 e. The summed E-state index contributed by atoms with van der Waals surface area (Å²) >= 11 is 1.57. The molecule has 4 heterocycles. The number of anilines is 1. The van der Waals surface area contributed by atoms with Gasteiger partial charge in [-0.3, -0.25) is 9.51 Å². The third kappa shape index (κ3) is 4.37. The third-order valence-electron chi connectivity index (χ3n) is 7.68. The minimum absolute atomic E-state index is 0.197. The van der Waals surface area contributed by atoms with Crippen LogP contribution in [0.25, 0.3) is 33.6 Å². The van der Waals surface area contributed by atoms with Crippen LogP contribution in [0.5, 0.6) is 0 Å². The van der Waals surface area contributed by atoms with Crippen molar-refractivity contribution in [2.75, 3.05) is 5.32 Å². The molecule has 2 fully saturated rings. The Balaban J connectivity index is 1.49. The Labute approximate surface area is 206 Å². The fourth-order valence-corrected chi connectivity index (χ4v) is 5.92. The second-order valence-corrected chi connectivity index (χ2v) is 11.0. The summed E-state index contributed by atoms with van der Waals surface area (Å²) in [7, 11) is 0. The number of nitrogens with one attached hydrogen (secondary N) is 2. The van der Waals surface area contributed by atoms with Gasteiger partial charge in [-0.1, -0.05) is 31.3 Å². The van der Waals surface area contributed by atoms with E-state index in [0.29, 0.717) is 23.3 Å². The summed E-state index contributed by atoms with van der Waals surface area (Å²) in [5.74, 6) is 3.36. The third-order valence-corrected chi connectivity index (χ3v) is 8.45. The molecule has 0 saturated heterocycles. The van der Waals surface area contributed by atoms with Crippen LogP contribution in [0.2, 0.25) is 0 Å². The van der Waals surface area contributed by atoms with E-state index in [1.165, 1.54) is 44.9 Å². The van der Waals surface area contributed by atoms with Gasteiger partial charge in [-0.25, -0.2) is 24.7 Å². The summed E-state index contributed by atoms with van der Waals surface area (Å²) in [4.78, 5) is 33.2. The monoisotopic (exact) mass is 494 g/mol. The van der Waals surface area contributed by atoms with Gasteiger partial charge in [0.05, 0.1) is 0 Å². The smallest absolute Gasteiger partial charge is 0.365 e. The highest BCUT2D eigenvalue weighted by molar-refractivity contribution is 7.13. The van der Waals surface area contributed by atoms with E-state index in [1.807, 2.05) is 5.38 Å². The quantitative estimate of drug-likeness (QED) is 0.378. The lowest BCUT2D eigenvalue weighted by atomic mass is 9.80. The van der Waals surface area contributed by atoms with Gasteiger partial charge in [-0.15, -0.1) is 11.3 Å². The van der Waals surface area contributed by atoms with Crippen molar-refractivity contribution >= 4 is 28.3 Å². The Kier molecular flexibility index (Phi) is 5.87. The zero-order valence-corrected chi connectivity index (χ0v) is 20.8. The van der Waals surface area contributed by atoms with Crippen LogP contribution in [0.4, 0.5) is 5.82 Å². The molecule has 0 spiro atoms. The van der Waals surface area contributed by atoms with Crippen LogP contribution in [-0.4, -0.2) is 40.7 Å². The fraction of sp³-hybridized carbons (Fsp3) is 0.583. The van der Waals surface area contributed by atoms with Crippen molar-refractivity contribution in [3.63, 3.8) is 0 Å². The predicted octanol–water partition coefficient (Wildman–Crippen LogP) is 4.72. The van der Waals surface area contributed by atoms with Crippen LogP contribution in [0.1, 0.15) is 58.8 Å². The van der Waals surface area contributed by atoms with E-state index in [0.717, 1.165) is 28.8 Å². The van der Waals surface area contributed by atoms with Crippen molar-refractivity contribution in [2.24, 2.45) is 17.8 Å². The summed E-state index contributed by atoms with van der Waals surface area (Å²) in [6.07, 6.45) is 10.4. The number of imidazole rings is 1. The molecule has 0 radical (unpaired) electrons. The molecule has 2 aliphatic carbocycles. The number of hydrogen-bond acceptors (Lipinski definition) is 9. The lowest BCUT2D eigenvalue weighted by Gasteiger charge is -2.32. The minimum Gasteiger partial charge on any atom is -0.365 e. The van der Waals surface area contributed by atoms with Gasteiger partial charge in [-0.2, -0.15) is 0 Å². The first-order valence-corrected chi connectivity index (χ1v) is 13.4. The molecule has 0 bridgehead atoms. The van der Waals surface area contributed by atoms with Gasteiger partial charge in [0.25, 0.3) is 0 Å². The largest absolute Gasteiger partial charge is 0.439 e. The molecule has 2 aliphatic rings. The summed E-state index contributed by atoms with van der Waals surface area (Å²) in [6.45, 7) is 5.41.